The Kier molecular flexibility index (Phi) is 28.3. The Morgan fingerprint density at radius 3 is 1.37 bits per heavy atom. The summed E-state index contributed by atoms with van der Waals surface area (Å²) in [6.45, 7) is 5.24. The molecule has 1 saturated carbocycles. The maximum Gasteiger partial charge on any atom is 0.307 e. The van der Waals surface area contributed by atoms with Gasteiger partial charge in [0.15, 0.2) is 5.79 Å². The summed E-state index contributed by atoms with van der Waals surface area (Å²) in [5, 5.41) is 0. The number of hydrogen-bond donors (Lipinski definition) is 0. The molecule has 0 aromatic carbocycles. The standard InChI is InChI=1S/C47H83NO4/c1-5-7-9-11-13-15-17-19-21-23-25-27-29-31-33-35-38-47(51-44-41-43(42-45(44)52-47)50-46(49)37-40-48(3)4)39-36-34-32-30-28-26-24-22-20-18-16-14-12-10-8-6-2/h13-16,19-22,43-45H,5-12,17-18,23-42H2,1-4H3/b15-13-,16-14-,21-19-,22-20-/t43-,44-,45+. The van der Waals surface area contributed by atoms with Gasteiger partial charge in [-0.05, 0) is 91.1 Å². The third-order valence-corrected chi connectivity index (χ3v) is 10.7. The van der Waals surface area contributed by atoms with Crippen molar-refractivity contribution in [3.63, 3.8) is 0 Å². The molecule has 52 heavy (non-hydrogen) atoms. The predicted octanol–water partition coefficient (Wildman–Crippen LogP) is 13.5. The second-order valence-electron chi connectivity index (χ2n) is 16.0. The van der Waals surface area contributed by atoms with E-state index in [9.17, 15) is 4.79 Å². The van der Waals surface area contributed by atoms with Crippen LogP contribution < -0.4 is 0 Å². The van der Waals surface area contributed by atoms with E-state index in [1.807, 2.05) is 19.0 Å². The van der Waals surface area contributed by atoms with Crippen molar-refractivity contribution in [2.24, 2.45) is 0 Å². The van der Waals surface area contributed by atoms with E-state index in [2.05, 4.69) is 62.5 Å². The van der Waals surface area contributed by atoms with Gasteiger partial charge in [-0.1, -0.05) is 140 Å². The lowest BCUT2D eigenvalue weighted by atomic mass is 9.98. The Bertz CT molecular complexity index is 904. The van der Waals surface area contributed by atoms with Crippen molar-refractivity contribution >= 4 is 5.97 Å². The summed E-state index contributed by atoms with van der Waals surface area (Å²) in [6, 6.07) is 0. The fraction of sp³-hybridized carbons (Fsp3) is 0.809. The molecule has 0 spiro atoms. The summed E-state index contributed by atoms with van der Waals surface area (Å²) in [5.74, 6) is -0.549. The van der Waals surface area contributed by atoms with Crippen LogP contribution in [0.1, 0.15) is 200 Å². The first-order valence-corrected chi connectivity index (χ1v) is 22.3. The highest BCUT2D eigenvalue weighted by Crippen LogP contribution is 2.44. The number of allylic oxidation sites excluding steroid dienone is 8. The quantitative estimate of drug-likeness (QED) is 0.0375. The topological polar surface area (TPSA) is 48.0 Å². The number of nitrogens with zero attached hydrogens (tertiary/aromatic N) is 1. The molecular formula is C47H83NO4. The molecule has 1 saturated heterocycles. The van der Waals surface area contributed by atoms with Crippen LogP contribution in [0.25, 0.3) is 0 Å². The predicted molar refractivity (Wildman–Crippen MR) is 223 cm³/mol. The molecule has 2 rings (SSSR count). The Morgan fingerprint density at radius 1 is 0.577 bits per heavy atom. The first kappa shape index (κ1) is 46.5. The van der Waals surface area contributed by atoms with E-state index in [0.29, 0.717) is 6.42 Å². The molecule has 5 heteroatoms. The highest BCUT2D eigenvalue weighted by Gasteiger charge is 2.52. The lowest BCUT2D eigenvalue weighted by Gasteiger charge is -2.30. The highest BCUT2D eigenvalue weighted by molar-refractivity contribution is 5.69. The van der Waals surface area contributed by atoms with E-state index >= 15 is 0 Å². The lowest BCUT2D eigenvalue weighted by Crippen LogP contribution is -2.33. The molecule has 1 heterocycles. The Hall–Kier alpha value is -1.69. The largest absolute Gasteiger partial charge is 0.462 e. The molecular weight excluding hydrogens is 643 g/mol. The van der Waals surface area contributed by atoms with Gasteiger partial charge in [0.2, 0.25) is 0 Å². The molecule has 0 aromatic rings. The summed E-state index contributed by atoms with van der Waals surface area (Å²) >= 11 is 0. The molecule has 300 valence electrons. The van der Waals surface area contributed by atoms with Crippen molar-refractivity contribution in [1.82, 2.24) is 4.90 Å². The zero-order valence-corrected chi connectivity index (χ0v) is 34.6. The highest BCUT2D eigenvalue weighted by atomic mass is 16.8. The van der Waals surface area contributed by atoms with E-state index in [-0.39, 0.29) is 24.3 Å². The van der Waals surface area contributed by atoms with Crippen LogP contribution in [0.2, 0.25) is 0 Å². The van der Waals surface area contributed by atoms with Crippen LogP contribution in [0.3, 0.4) is 0 Å². The number of rotatable bonds is 34. The molecule has 1 aliphatic heterocycles. The van der Waals surface area contributed by atoms with E-state index in [4.69, 9.17) is 14.2 Å². The first-order chi connectivity index (χ1) is 25.5. The number of carbonyl (C=O) groups excluding carboxylic acids is 1. The van der Waals surface area contributed by atoms with Gasteiger partial charge in [-0.15, -0.1) is 0 Å². The van der Waals surface area contributed by atoms with Crippen LogP contribution >= 0.6 is 0 Å². The zero-order chi connectivity index (χ0) is 37.4. The first-order valence-electron chi connectivity index (χ1n) is 22.3. The van der Waals surface area contributed by atoms with Gasteiger partial charge in [-0.25, -0.2) is 0 Å². The van der Waals surface area contributed by atoms with Gasteiger partial charge < -0.3 is 19.1 Å². The average molecular weight is 726 g/mol. The van der Waals surface area contributed by atoms with Crippen LogP contribution in [0.5, 0.6) is 0 Å². The zero-order valence-electron chi connectivity index (χ0n) is 34.6. The summed E-state index contributed by atoms with van der Waals surface area (Å²) in [4.78, 5) is 14.4. The second kappa shape index (κ2) is 31.6. The van der Waals surface area contributed by atoms with Crippen LogP contribution in [0, 0.1) is 0 Å². The van der Waals surface area contributed by atoms with E-state index < -0.39 is 5.79 Å². The number of carbonyl (C=O) groups is 1. The van der Waals surface area contributed by atoms with Crippen molar-refractivity contribution in [2.75, 3.05) is 20.6 Å². The fourth-order valence-corrected chi connectivity index (χ4v) is 7.53. The number of hydrogen-bond acceptors (Lipinski definition) is 5. The van der Waals surface area contributed by atoms with Crippen molar-refractivity contribution in [3.05, 3.63) is 48.6 Å². The van der Waals surface area contributed by atoms with Gasteiger partial charge in [-0.2, -0.15) is 0 Å². The van der Waals surface area contributed by atoms with Gasteiger partial charge in [0.25, 0.3) is 0 Å². The Balaban J connectivity index is 1.64. The number of unbranched alkanes of at least 4 members (excludes halogenated alkanes) is 18. The minimum atomic E-state index is -0.445. The molecule has 0 unspecified atom stereocenters. The van der Waals surface area contributed by atoms with Crippen molar-refractivity contribution < 1.29 is 19.0 Å². The summed E-state index contributed by atoms with van der Waals surface area (Å²) in [7, 11) is 3.97. The molecule has 1 aliphatic carbocycles. The summed E-state index contributed by atoms with van der Waals surface area (Å²) in [5.41, 5.74) is 0. The number of fused-ring (bicyclic) bond motifs is 1. The van der Waals surface area contributed by atoms with Crippen molar-refractivity contribution in [1.29, 1.82) is 0 Å². The fourth-order valence-electron chi connectivity index (χ4n) is 7.53. The monoisotopic (exact) mass is 726 g/mol. The third kappa shape index (κ3) is 23.9. The normalized spacial score (nSPS) is 20.1. The maximum atomic E-state index is 12.4. The third-order valence-electron chi connectivity index (χ3n) is 10.7. The molecule has 0 aromatic heterocycles. The van der Waals surface area contributed by atoms with Crippen LogP contribution in [0.4, 0.5) is 0 Å². The summed E-state index contributed by atoms with van der Waals surface area (Å²) in [6.07, 6.45) is 53.0. The SMILES string of the molecule is CCCCC/C=C\C/C=C\CCCCCCCCC1(CCCCCCCC/C=C\C/C=C\CCCCC)O[C@H]2C[C@H](OC(=O)CCN(C)C)C[C@H]2O1. The van der Waals surface area contributed by atoms with Crippen molar-refractivity contribution in [3.8, 4) is 0 Å². The molecule has 3 atom stereocenters. The molecule has 0 amide bonds. The smallest absolute Gasteiger partial charge is 0.307 e. The Morgan fingerprint density at radius 2 is 0.962 bits per heavy atom. The molecule has 0 bridgehead atoms. The second-order valence-corrected chi connectivity index (χ2v) is 16.0. The van der Waals surface area contributed by atoms with E-state index in [0.717, 1.165) is 57.9 Å². The molecule has 5 nitrogen and oxygen atoms in total. The van der Waals surface area contributed by atoms with Gasteiger partial charge >= 0.3 is 5.97 Å². The van der Waals surface area contributed by atoms with Gasteiger partial charge in [0, 0.05) is 32.2 Å². The van der Waals surface area contributed by atoms with Crippen LogP contribution in [-0.4, -0.2) is 55.6 Å². The summed E-state index contributed by atoms with van der Waals surface area (Å²) < 4.78 is 19.4. The van der Waals surface area contributed by atoms with Crippen LogP contribution in [0.15, 0.2) is 48.6 Å². The molecule has 2 aliphatic rings. The molecule has 0 N–H and O–H groups in total. The maximum absolute atomic E-state index is 12.4. The number of ether oxygens (including phenoxy) is 3. The van der Waals surface area contributed by atoms with Gasteiger partial charge in [0.05, 0.1) is 18.6 Å². The van der Waals surface area contributed by atoms with Gasteiger partial charge in [-0.3, -0.25) is 4.79 Å². The lowest BCUT2D eigenvalue weighted by molar-refractivity contribution is -0.196. The Labute approximate surface area is 322 Å². The van der Waals surface area contributed by atoms with E-state index in [1.54, 1.807) is 0 Å². The average Bonchev–Trinajstić information content (AvgIpc) is 3.65. The van der Waals surface area contributed by atoms with E-state index in [1.165, 1.54) is 128 Å². The minimum Gasteiger partial charge on any atom is -0.462 e. The minimum absolute atomic E-state index is 0.0563. The van der Waals surface area contributed by atoms with Crippen LogP contribution in [-0.2, 0) is 19.0 Å². The number of esters is 1. The van der Waals surface area contributed by atoms with Gasteiger partial charge in [0.1, 0.15) is 6.10 Å². The molecule has 2 fully saturated rings. The van der Waals surface area contributed by atoms with Crippen molar-refractivity contribution in [2.45, 2.75) is 224 Å². The molecule has 0 radical (unpaired) electrons.